The molecule has 0 atom stereocenters. The van der Waals surface area contributed by atoms with E-state index in [2.05, 4.69) is 24.9 Å². The van der Waals surface area contributed by atoms with Gasteiger partial charge in [-0.2, -0.15) is 13.2 Å². The molecule has 2 aromatic rings. The van der Waals surface area contributed by atoms with Crippen molar-refractivity contribution in [2.24, 2.45) is 0 Å². The number of hydrogen-bond acceptors (Lipinski definition) is 5. The first-order chi connectivity index (χ1) is 13.4. The Labute approximate surface area is 160 Å². The Hall–Kier alpha value is -2.68. The van der Waals surface area contributed by atoms with E-state index in [-0.39, 0.29) is 17.5 Å². The van der Waals surface area contributed by atoms with Crippen LogP contribution in [0.15, 0.2) is 42.9 Å². The molecule has 1 saturated heterocycles. The minimum Gasteiger partial charge on any atom is -0.467 e. The van der Waals surface area contributed by atoms with Gasteiger partial charge in [0.15, 0.2) is 6.61 Å². The molecule has 9 heteroatoms. The lowest BCUT2D eigenvalue weighted by atomic mass is 10.0. The molecular formula is C19H21F3N4O2. The van der Waals surface area contributed by atoms with Crippen LogP contribution in [0.25, 0.3) is 0 Å². The zero-order chi connectivity index (χ0) is 20.0. The molecule has 0 spiro atoms. The minimum absolute atomic E-state index is 0.00552. The Bertz CT molecular complexity index is 778. The number of amides is 1. The van der Waals surface area contributed by atoms with Gasteiger partial charge in [-0.3, -0.25) is 14.7 Å². The summed E-state index contributed by atoms with van der Waals surface area (Å²) in [6.45, 7) is 0.967. The van der Waals surface area contributed by atoms with Gasteiger partial charge in [0, 0.05) is 44.3 Å². The van der Waals surface area contributed by atoms with Crippen LogP contribution in [0.5, 0.6) is 5.88 Å². The summed E-state index contributed by atoms with van der Waals surface area (Å²) < 4.78 is 41.8. The lowest BCUT2D eigenvalue weighted by Crippen LogP contribution is -2.44. The number of pyridine rings is 2. The summed E-state index contributed by atoms with van der Waals surface area (Å²) in [6.07, 6.45) is 1.84. The summed E-state index contributed by atoms with van der Waals surface area (Å²) in [5, 5.41) is 2.88. The molecule has 0 saturated carbocycles. The van der Waals surface area contributed by atoms with Crippen LogP contribution in [-0.2, 0) is 6.54 Å². The highest BCUT2D eigenvalue weighted by molar-refractivity contribution is 5.96. The molecule has 2 aromatic heterocycles. The first kappa shape index (κ1) is 20.1. The van der Waals surface area contributed by atoms with Crippen molar-refractivity contribution >= 4 is 5.91 Å². The number of nitrogens with one attached hydrogen (secondary N) is 1. The van der Waals surface area contributed by atoms with Gasteiger partial charge >= 0.3 is 6.18 Å². The average Bonchev–Trinajstić information content (AvgIpc) is 2.68. The summed E-state index contributed by atoms with van der Waals surface area (Å²) >= 11 is 0. The maximum atomic E-state index is 12.5. The predicted molar refractivity (Wildman–Crippen MR) is 95.8 cm³/mol. The number of alkyl halides is 3. The molecule has 150 valence electrons. The van der Waals surface area contributed by atoms with E-state index < -0.39 is 18.7 Å². The zero-order valence-electron chi connectivity index (χ0n) is 15.2. The van der Waals surface area contributed by atoms with Crippen molar-refractivity contribution < 1.29 is 22.7 Å². The van der Waals surface area contributed by atoms with Crippen molar-refractivity contribution in [1.82, 2.24) is 20.2 Å². The lowest BCUT2D eigenvalue weighted by molar-refractivity contribution is -0.154. The van der Waals surface area contributed by atoms with E-state index in [1.165, 1.54) is 23.9 Å². The SMILES string of the molecule is O=C(NC1CCN(Cc2ccncc2)CC1)c1cccnc1OCC(F)(F)F. The zero-order valence-corrected chi connectivity index (χ0v) is 15.2. The number of aromatic nitrogens is 2. The number of ether oxygens (including phenoxy) is 1. The van der Waals surface area contributed by atoms with Crippen LogP contribution in [0.4, 0.5) is 13.2 Å². The number of halogens is 3. The van der Waals surface area contributed by atoms with E-state index in [0.717, 1.165) is 32.5 Å². The highest BCUT2D eigenvalue weighted by Crippen LogP contribution is 2.21. The summed E-state index contributed by atoms with van der Waals surface area (Å²) in [6, 6.07) is 6.80. The number of hydrogen-bond donors (Lipinski definition) is 1. The second-order valence-corrected chi connectivity index (χ2v) is 6.64. The summed E-state index contributed by atoms with van der Waals surface area (Å²) in [5.74, 6) is -0.787. The molecule has 1 amide bonds. The maximum Gasteiger partial charge on any atom is 0.422 e. The highest BCUT2D eigenvalue weighted by atomic mass is 19.4. The number of piperidine rings is 1. The Morgan fingerprint density at radius 3 is 2.57 bits per heavy atom. The average molecular weight is 394 g/mol. The van der Waals surface area contributed by atoms with Crippen LogP contribution in [-0.4, -0.2) is 52.7 Å². The van der Waals surface area contributed by atoms with Crippen molar-refractivity contribution in [3.05, 3.63) is 54.0 Å². The molecule has 1 fully saturated rings. The van der Waals surface area contributed by atoms with Crippen molar-refractivity contribution in [2.45, 2.75) is 31.6 Å². The van der Waals surface area contributed by atoms with E-state index >= 15 is 0 Å². The normalized spacial score (nSPS) is 16.0. The van der Waals surface area contributed by atoms with Crippen LogP contribution in [0.1, 0.15) is 28.8 Å². The Balaban J connectivity index is 1.52. The molecule has 3 rings (SSSR count). The Morgan fingerprint density at radius 1 is 1.18 bits per heavy atom. The fourth-order valence-electron chi connectivity index (χ4n) is 3.07. The third kappa shape index (κ3) is 5.91. The van der Waals surface area contributed by atoms with Crippen molar-refractivity contribution in [1.29, 1.82) is 0 Å². The molecule has 6 nitrogen and oxygen atoms in total. The minimum atomic E-state index is -4.49. The standard InChI is InChI=1S/C19H21F3N4O2/c20-19(21,22)13-28-18-16(2-1-7-24-18)17(27)25-15-5-10-26(11-6-15)12-14-3-8-23-9-4-14/h1-4,7-9,15H,5-6,10-13H2,(H,25,27). The van der Waals surface area contributed by atoms with Gasteiger partial charge in [0.1, 0.15) is 5.56 Å². The molecule has 0 bridgehead atoms. The lowest BCUT2D eigenvalue weighted by Gasteiger charge is -2.32. The molecule has 0 radical (unpaired) electrons. The number of nitrogens with zero attached hydrogens (tertiary/aromatic N) is 3. The fraction of sp³-hybridized carbons (Fsp3) is 0.421. The van der Waals surface area contributed by atoms with Crippen LogP contribution in [0.2, 0.25) is 0 Å². The fourth-order valence-corrected chi connectivity index (χ4v) is 3.07. The van der Waals surface area contributed by atoms with Crippen LogP contribution in [0.3, 0.4) is 0 Å². The van der Waals surface area contributed by atoms with Crippen LogP contribution < -0.4 is 10.1 Å². The van der Waals surface area contributed by atoms with Crippen molar-refractivity contribution in [3.63, 3.8) is 0 Å². The largest absolute Gasteiger partial charge is 0.467 e. The molecule has 3 heterocycles. The molecule has 1 aliphatic heterocycles. The molecular weight excluding hydrogens is 373 g/mol. The topological polar surface area (TPSA) is 67.4 Å². The van der Waals surface area contributed by atoms with Gasteiger partial charge in [-0.15, -0.1) is 0 Å². The van der Waals surface area contributed by atoms with Crippen molar-refractivity contribution in [2.75, 3.05) is 19.7 Å². The molecule has 0 unspecified atom stereocenters. The molecule has 0 aromatic carbocycles. The number of carbonyl (C=O) groups excluding carboxylic acids is 1. The molecule has 1 N–H and O–H groups in total. The first-order valence-electron chi connectivity index (χ1n) is 8.97. The molecule has 0 aliphatic carbocycles. The third-order valence-corrected chi connectivity index (χ3v) is 4.47. The van der Waals surface area contributed by atoms with Gasteiger partial charge in [0.05, 0.1) is 0 Å². The van der Waals surface area contributed by atoms with Gasteiger partial charge in [0.25, 0.3) is 5.91 Å². The number of likely N-dealkylation sites (tertiary alicyclic amines) is 1. The van der Waals surface area contributed by atoms with Gasteiger partial charge < -0.3 is 10.1 Å². The molecule has 28 heavy (non-hydrogen) atoms. The third-order valence-electron chi connectivity index (χ3n) is 4.47. The van der Waals surface area contributed by atoms with E-state index in [1.54, 1.807) is 12.4 Å². The summed E-state index contributed by atoms with van der Waals surface area (Å²) in [5.41, 5.74) is 1.19. The van der Waals surface area contributed by atoms with Gasteiger partial charge in [-0.25, -0.2) is 4.98 Å². The first-order valence-corrected chi connectivity index (χ1v) is 8.97. The summed E-state index contributed by atoms with van der Waals surface area (Å²) in [7, 11) is 0. The molecule has 1 aliphatic rings. The van der Waals surface area contributed by atoms with E-state index in [0.29, 0.717) is 0 Å². The Kier molecular flexibility index (Phi) is 6.45. The second kappa shape index (κ2) is 9.01. The van der Waals surface area contributed by atoms with Crippen LogP contribution >= 0.6 is 0 Å². The Morgan fingerprint density at radius 2 is 1.89 bits per heavy atom. The van der Waals surface area contributed by atoms with Crippen LogP contribution in [0, 0.1) is 0 Å². The van der Waals surface area contributed by atoms with Gasteiger partial charge in [-0.1, -0.05) is 0 Å². The van der Waals surface area contributed by atoms with E-state index in [1.807, 2.05) is 12.1 Å². The van der Waals surface area contributed by atoms with Gasteiger partial charge in [0.2, 0.25) is 5.88 Å². The number of rotatable bonds is 6. The second-order valence-electron chi connectivity index (χ2n) is 6.64. The van der Waals surface area contributed by atoms with Crippen molar-refractivity contribution in [3.8, 4) is 5.88 Å². The summed E-state index contributed by atoms with van der Waals surface area (Å²) in [4.78, 5) is 22.5. The van der Waals surface area contributed by atoms with E-state index in [9.17, 15) is 18.0 Å². The monoisotopic (exact) mass is 394 g/mol. The van der Waals surface area contributed by atoms with E-state index in [4.69, 9.17) is 0 Å². The quantitative estimate of drug-likeness (QED) is 0.816. The highest BCUT2D eigenvalue weighted by Gasteiger charge is 2.30. The number of carbonyl (C=O) groups is 1. The smallest absolute Gasteiger partial charge is 0.422 e. The predicted octanol–water partition coefficient (Wildman–Crippen LogP) is 2.81. The maximum absolute atomic E-state index is 12.5. The van der Waals surface area contributed by atoms with Gasteiger partial charge in [-0.05, 0) is 42.7 Å².